The monoisotopic (exact) mass is 291 g/mol. The quantitative estimate of drug-likeness (QED) is 0.876. The molecule has 116 valence electrons. The molecule has 0 bridgehead atoms. The predicted octanol–water partition coefficient (Wildman–Crippen LogP) is 3.16. The second-order valence-corrected chi connectivity index (χ2v) is 6.45. The number of ether oxygens (including phenoxy) is 2. The Bertz CT molecular complexity index is 467. The van der Waals surface area contributed by atoms with E-state index in [1.807, 2.05) is 24.3 Å². The van der Waals surface area contributed by atoms with Crippen LogP contribution in [-0.2, 0) is 4.79 Å². The molecule has 0 radical (unpaired) electrons. The third kappa shape index (κ3) is 4.96. The molecule has 1 aliphatic carbocycles. The molecule has 1 aromatic rings. The minimum Gasteiger partial charge on any atom is -0.497 e. The zero-order valence-electron chi connectivity index (χ0n) is 13.1. The van der Waals surface area contributed by atoms with Gasteiger partial charge in [-0.15, -0.1) is 0 Å². The fourth-order valence-corrected chi connectivity index (χ4v) is 2.79. The van der Waals surface area contributed by atoms with Gasteiger partial charge in [-0.2, -0.15) is 0 Å². The topological polar surface area (TPSA) is 47.6 Å². The summed E-state index contributed by atoms with van der Waals surface area (Å²) in [5, 5.41) is 3.10. The minimum absolute atomic E-state index is 0.0752. The Balaban J connectivity index is 1.67. The fourth-order valence-electron chi connectivity index (χ4n) is 2.79. The van der Waals surface area contributed by atoms with E-state index in [4.69, 9.17) is 9.47 Å². The van der Waals surface area contributed by atoms with Gasteiger partial charge in [0.1, 0.15) is 11.5 Å². The van der Waals surface area contributed by atoms with Gasteiger partial charge >= 0.3 is 0 Å². The van der Waals surface area contributed by atoms with Gasteiger partial charge in [-0.3, -0.25) is 4.79 Å². The molecule has 0 heterocycles. The zero-order valence-corrected chi connectivity index (χ0v) is 13.1. The van der Waals surface area contributed by atoms with Crippen LogP contribution < -0.4 is 14.8 Å². The van der Waals surface area contributed by atoms with E-state index in [1.54, 1.807) is 7.11 Å². The van der Waals surface area contributed by atoms with E-state index in [9.17, 15) is 4.79 Å². The van der Waals surface area contributed by atoms with E-state index >= 15 is 0 Å². The highest BCUT2D eigenvalue weighted by molar-refractivity contribution is 5.76. The first-order valence-corrected chi connectivity index (χ1v) is 7.55. The first-order chi connectivity index (χ1) is 9.98. The largest absolute Gasteiger partial charge is 0.497 e. The second kappa shape index (κ2) is 6.83. The Morgan fingerprint density at radius 2 is 1.95 bits per heavy atom. The molecule has 1 aliphatic rings. The number of carbonyl (C=O) groups excluding carboxylic acids is 1. The maximum Gasteiger partial charge on any atom is 0.223 e. The Hall–Kier alpha value is -1.71. The molecular formula is C17H25NO3. The Labute approximate surface area is 126 Å². The molecule has 1 unspecified atom stereocenters. The Morgan fingerprint density at radius 3 is 2.52 bits per heavy atom. The second-order valence-electron chi connectivity index (χ2n) is 6.45. The maximum atomic E-state index is 11.9. The smallest absolute Gasteiger partial charge is 0.223 e. The number of carbonyl (C=O) groups is 1. The van der Waals surface area contributed by atoms with E-state index in [2.05, 4.69) is 19.2 Å². The number of rotatable bonds is 6. The highest BCUT2D eigenvalue weighted by Gasteiger charge is 2.31. The van der Waals surface area contributed by atoms with Crippen molar-refractivity contribution in [1.82, 2.24) is 5.32 Å². The summed E-state index contributed by atoms with van der Waals surface area (Å²) >= 11 is 0. The summed E-state index contributed by atoms with van der Waals surface area (Å²) in [5.41, 5.74) is 0.359. The number of nitrogens with one attached hydrogen (secondary N) is 1. The zero-order chi connectivity index (χ0) is 15.3. The molecule has 2 rings (SSSR count). The highest BCUT2D eigenvalue weighted by Crippen LogP contribution is 2.36. The van der Waals surface area contributed by atoms with Crippen LogP contribution in [0.25, 0.3) is 0 Å². The number of hydrogen-bond donors (Lipinski definition) is 1. The summed E-state index contributed by atoms with van der Waals surface area (Å²) < 4.78 is 10.6. The fraction of sp³-hybridized carbons (Fsp3) is 0.588. The molecule has 1 amide bonds. The van der Waals surface area contributed by atoms with Crippen molar-refractivity contribution in [2.45, 2.75) is 45.6 Å². The predicted molar refractivity (Wildman–Crippen MR) is 82.7 cm³/mol. The van der Waals surface area contributed by atoms with Crippen LogP contribution in [0.15, 0.2) is 24.3 Å². The van der Waals surface area contributed by atoms with Crippen LogP contribution in [0.3, 0.4) is 0 Å². The van der Waals surface area contributed by atoms with Gasteiger partial charge < -0.3 is 14.8 Å². The van der Waals surface area contributed by atoms with Crippen molar-refractivity contribution in [3.8, 4) is 11.5 Å². The molecular weight excluding hydrogens is 266 g/mol. The van der Waals surface area contributed by atoms with Crippen LogP contribution >= 0.6 is 0 Å². The molecule has 1 saturated carbocycles. The molecule has 1 atom stereocenters. The van der Waals surface area contributed by atoms with E-state index in [0.717, 1.165) is 24.3 Å². The van der Waals surface area contributed by atoms with Crippen LogP contribution in [0.2, 0.25) is 0 Å². The normalized spacial score (nSPS) is 20.0. The third-order valence-corrected chi connectivity index (χ3v) is 3.99. The van der Waals surface area contributed by atoms with Crippen molar-refractivity contribution in [1.29, 1.82) is 0 Å². The third-order valence-electron chi connectivity index (χ3n) is 3.99. The van der Waals surface area contributed by atoms with Crippen molar-refractivity contribution >= 4 is 5.91 Å². The molecule has 1 N–H and O–H groups in total. The lowest BCUT2D eigenvalue weighted by molar-refractivity contribution is -0.122. The molecule has 0 saturated heterocycles. The maximum absolute atomic E-state index is 11.9. The SMILES string of the molecule is COc1ccc(OCCC(=O)NC2CCC(C)(C)C2)cc1. The van der Waals surface area contributed by atoms with Gasteiger partial charge in [0, 0.05) is 6.04 Å². The molecule has 1 aromatic carbocycles. The van der Waals surface area contributed by atoms with Crippen LogP contribution in [0.5, 0.6) is 11.5 Å². The van der Waals surface area contributed by atoms with Gasteiger partial charge in [-0.25, -0.2) is 0 Å². The minimum atomic E-state index is 0.0752. The summed E-state index contributed by atoms with van der Waals surface area (Å²) in [6.07, 6.45) is 3.72. The van der Waals surface area contributed by atoms with Crippen LogP contribution in [0.1, 0.15) is 39.5 Å². The summed E-state index contributed by atoms with van der Waals surface area (Å²) in [5.74, 6) is 1.63. The average Bonchev–Trinajstić information content (AvgIpc) is 2.78. The van der Waals surface area contributed by atoms with E-state index in [0.29, 0.717) is 24.5 Å². The van der Waals surface area contributed by atoms with E-state index in [1.165, 1.54) is 6.42 Å². The molecule has 21 heavy (non-hydrogen) atoms. The molecule has 0 aromatic heterocycles. The number of benzene rings is 1. The summed E-state index contributed by atoms with van der Waals surface area (Å²) in [6.45, 7) is 4.91. The summed E-state index contributed by atoms with van der Waals surface area (Å²) in [6, 6.07) is 7.70. The lowest BCUT2D eigenvalue weighted by Gasteiger charge is -2.17. The first-order valence-electron chi connectivity index (χ1n) is 7.55. The number of hydrogen-bond acceptors (Lipinski definition) is 3. The summed E-state index contributed by atoms with van der Waals surface area (Å²) in [4.78, 5) is 11.9. The first kappa shape index (κ1) is 15.7. The van der Waals surface area contributed by atoms with Gasteiger partial charge in [0.2, 0.25) is 5.91 Å². The van der Waals surface area contributed by atoms with Crippen molar-refractivity contribution < 1.29 is 14.3 Å². The van der Waals surface area contributed by atoms with Gasteiger partial charge in [-0.05, 0) is 48.9 Å². The number of amides is 1. The van der Waals surface area contributed by atoms with Crippen molar-refractivity contribution in [2.75, 3.05) is 13.7 Å². The lowest BCUT2D eigenvalue weighted by atomic mass is 9.92. The van der Waals surface area contributed by atoms with Crippen LogP contribution in [0, 0.1) is 5.41 Å². The molecule has 0 spiro atoms. The standard InChI is InChI=1S/C17H25NO3/c1-17(2)10-8-13(12-17)18-16(19)9-11-21-15-6-4-14(20-3)5-7-15/h4-7,13H,8-12H2,1-3H3,(H,18,19). The molecule has 4 nitrogen and oxygen atoms in total. The van der Waals surface area contributed by atoms with Gasteiger partial charge in [0.15, 0.2) is 0 Å². The highest BCUT2D eigenvalue weighted by atomic mass is 16.5. The number of methoxy groups -OCH3 is 1. The van der Waals surface area contributed by atoms with Gasteiger partial charge in [-0.1, -0.05) is 13.8 Å². The Kier molecular flexibility index (Phi) is 5.10. The van der Waals surface area contributed by atoms with Crippen LogP contribution in [-0.4, -0.2) is 25.7 Å². The Morgan fingerprint density at radius 1 is 1.29 bits per heavy atom. The lowest BCUT2D eigenvalue weighted by Crippen LogP contribution is -2.34. The van der Waals surface area contributed by atoms with Gasteiger partial charge in [0.05, 0.1) is 20.1 Å². The van der Waals surface area contributed by atoms with E-state index in [-0.39, 0.29) is 5.91 Å². The van der Waals surface area contributed by atoms with Crippen molar-refractivity contribution in [3.05, 3.63) is 24.3 Å². The van der Waals surface area contributed by atoms with Crippen molar-refractivity contribution in [2.24, 2.45) is 5.41 Å². The molecule has 1 fully saturated rings. The average molecular weight is 291 g/mol. The van der Waals surface area contributed by atoms with E-state index < -0.39 is 0 Å². The summed E-state index contributed by atoms with van der Waals surface area (Å²) in [7, 11) is 1.63. The van der Waals surface area contributed by atoms with Gasteiger partial charge in [0.25, 0.3) is 0 Å². The van der Waals surface area contributed by atoms with Crippen LogP contribution in [0.4, 0.5) is 0 Å². The molecule has 4 heteroatoms. The molecule has 0 aliphatic heterocycles. The van der Waals surface area contributed by atoms with Crippen molar-refractivity contribution in [3.63, 3.8) is 0 Å².